The molecule has 0 aliphatic rings. The molecule has 0 amide bonds. The Bertz CT molecular complexity index is 403. The largest absolute Gasteiger partial charge is 0.398 e. The number of rotatable bonds is 2. The maximum absolute atomic E-state index is 9.40. The van der Waals surface area contributed by atoms with Crippen LogP contribution in [0.25, 0.3) is 5.53 Å². The van der Waals surface area contributed by atoms with Gasteiger partial charge in [0.1, 0.15) is 0 Å². The van der Waals surface area contributed by atoms with E-state index in [9.17, 15) is 5.11 Å². The Hall–Kier alpha value is -0.727. The molecule has 0 aromatic heterocycles. The number of nitrogen functional groups attached to an aromatic ring is 1. The third-order valence-corrected chi connectivity index (χ3v) is 2.10. The molecule has 0 heterocycles. The molecule has 0 saturated carbocycles. The van der Waals surface area contributed by atoms with Gasteiger partial charge in [0.25, 0.3) is 5.71 Å². The van der Waals surface area contributed by atoms with E-state index in [2.05, 4.69) is 4.79 Å². The Morgan fingerprint density at radius 2 is 2.06 bits per heavy atom. The minimum absolute atomic E-state index is 0. The van der Waals surface area contributed by atoms with Crippen LogP contribution in [-0.4, -0.2) is 15.6 Å². The van der Waals surface area contributed by atoms with Gasteiger partial charge in [0.15, 0.2) is 0 Å². The minimum atomic E-state index is -0.624. The fourth-order valence-electron chi connectivity index (χ4n) is 1.22. The molecule has 1 unspecified atom stereocenters. The van der Waals surface area contributed by atoms with E-state index in [0.717, 1.165) is 5.56 Å². The first-order valence-electron chi connectivity index (χ1n) is 4.32. The van der Waals surface area contributed by atoms with E-state index in [1.807, 2.05) is 0 Å². The van der Waals surface area contributed by atoms with Crippen molar-refractivity contribution in [2.45, 2.75) is 20.0 Å². The number of aliphatic hydroxyl groups excluding tert-OH is 1. The summed E-state index contributed by atoms with van der Waals surface area (Å²) in [4.78, 5) is 3.08. The molecule has 3 N–H and O–H groups in total. The van der Waals surface area contributed by atoms with Gasteiger partial charge in [-0.2, -0.15) is 4.79 Å². The molecule has 1 atom stereocenters. The summed E-state index contributed by atoms with van der Waals surface area (Å²) in [7, 11) is 0. The molecular weight excluding hydrogens is 279 g/mol. The van der Waals surface area contributed by atoms with E-state index in [4.69, 9.17) is 11.3 Å². The maximum atomic E-state index is 9.40. The first kappa shape index (κ1) is 17.7. The van der Waals surface area contributed by atoms with E-state index in [1.54, 1.807) is 32.0 Å². The Balaban J connectivity index is 0. The molecule has 0 aliphatic carbocycles. The number of nitrogens with zero attached hydrogens (tertiary/aromatic N) is 2. The third-order valence-electron chi connectivity index (χ3n) is 2.10. The number of anilines is 1. The molecule has 0 saturated heterocycles. The fraction of sp³-hybridized carbons (Fsp3) is 0.300. The summed E-state index contributed by atoms with van der Waals surface area (Å²) in [5.41, 5.74) is 16.7. The second-order valence-electron chi connectivity index (χ2n) is 3.21. The summed E-state index contributed by atoms with van der Waals surface area (Å²) in [5.74, 6) is 0. The van der Waals surface area contributed by atoms with Crippen LogP contribution in [0, 0.1) is 0 Å². The molecule has 1 rings (SSSR count). The summed E-state index contributed by atoms with van der Waals surface area (Å²) in [6.07, 6.45) is -0.624. The number of nitrogens with two attached hydrogens (primary N) is 1. The number of benzene rings is 1. The van der Waals surface area contributed by atoms with Gasteiger partial charge in [0.2, 0.25) is 0 Å². The third kappa shape index (κ3) is 4.03. The smallest absolute Gasteiger partial charge is 0.296 e. The van der Waals surface area contributed by atoms with Crippen molar-refractivity contribution in [2.24, 2.45) is 0 Å². The Kier molecular flexibility index (Phi) is 8.31. The maximum Gasteiger partial charge on any atom is 0.296 e. The van der Waals surface area contributed by atoms with Crippen molar-refractivity contribution in [1.82, 2.24) is 0 Å². The molecule has 0 fully saturated rings. The number of hydrogen-bond acceptors (Lipinski definition) is 2. The predicted molar refractivity (Wildman–Crippen MR) is 62.1 cm³/mol. The van der Waals surface area contributed by atoms with Crippen LogP contribution in [0.5, 0.6) is 0 Å². The van der Waals surface area contributed by atoms with E-state index < -0.39 is 6.10 Å². The van der Waals surface area contributed by atoms with Crippen LogP contribution in [0.15, 0.2) is 18.2 Å². The Morgan fingerprint density at radius 3 is 2.50 bits per heavy atom. The molecule has 0 radical (unpaired) electrons. The number of aliphatic hydroxyl groups is 1. The van der Waals surface area contributed by atoms with Crippen LogP contribution >= 0.6 is 12.4 Å². The Morgan fingerprint density at radius 1 is 1.50 bits per heavy atom. The second kappa shape index (κ2) is 7.53. The molecular formula is C10H14ClN3OZn. The zero-order valence-electron chi connectivity index (χ0n) is 9.34. The Labute approximate surface area is 114 Å². The molecule has 1 aromatic rings. The van der Waals surface area contributed by atoms with Crippen LogP contribution in [0.2, 0.25) is 0 Å². The minimum Gasteiger partial charge on any atom is -0.398 e. The van der Waals surface area contributed by atoms with Gasteiger partial charge in [0, 0.05) is 37.7 Å². The SMILES string of the molecule is CC(=[N+]=[N-])c1ccc(N)c(C(C)O)c1.Cl.[Zn]. The van der Waals surface area contributed by atoms with Crippen molar-refractivity contribution in [2.75, 3.05) is 5.73 Å². The van der Waals surface area contributed by atoms with Crippen LogP contribution in [-0.2, 0) is 19.5 Å². The van der Waals surface area contributed by atoms with E-state index in [1.165, 1.54) is 0 Å². The van der Waals surface area contributed by atoms with Crippen LogP contribution in [0.4, 0.5) is 5.69 Å². The zero-order valence-corrected chi connectivity index (χ0v) is 13.1. The normalized spacial score (nSPS) is 10.4. The van der Waals surface area contributed by atoms with Gasteiger partial charge >= 0.3 is 0 Å². The molecule has 0 bridgehead atoms. The van der Waals surface area contributed by atoms with E-state index in [0.29, 0.717) is 17.0 Å². The quantitative estimate of drug-likeness (QED) is 0.286. The molecule has 0 spiro atoms. The monoisotopic (exact) mass is 291 g/mol. The van der Waals surface area contributed by atoms with Gasteiger partial charge in [-0.3, -0.25) is 0 Å². The van der Waals surface area contributed by atoms with E-state index in [-0.39, 0.29) is 31.9 Å². The van der Waals surface area contributed by atoms with E-state index >= 15 is 0 Å². The van der Waals surface area contributed by atoms with Crippen LogP contribution < -0.4 is 5.73 Å². The molecule has 1 aromatic carbocycles. The van der Waals surface area contributed by atoms with Crippen molar-refractivity contribution in [3.05, 3.63) is 34.9 Å². The van der Waals surface area contributed by atoms with Gasteiger partial charge in [-0.1, -0.05) is 0 Å². The van der Waals surface area contributed by atoms with Gasteiger partial charge in [-0.15, -0.1) is 12.4 Å². The summed E-state index contributed by atoms with van der Waals surface area (Å²) < 4.78 is 0. The van der Waals surface area contributed by atoms with Crippen molar-refractivity contribution < 1.29 is 29.4 Å². The van der Waals surface area contributed by atoms with Gasteiger partial charge in [0.05, 0.1) is 11.7 Å². The fourth-order valence-corrected chi connectivity index (χ4v) is 1.22. The van der Waals surface area contributed by atoms with Gasteiger partial charge < -0.3 is 16.4 Å². The summed E-state index contributed by atoms with van der Waals surface area (Å²) in [6.45, 7) is 3.32. The number of halogens is 1. The van der Waals surface area contributed by atoms with Crippen molar-refractivity contribution in [3.8, 4) is 0 Å². The van der Waals surface area contributed by atoms with Crippen molar-refractivity contribution in [1.29, 1.82) is 0 Å². The first-order valence-corrected chi connectivity index (χ1v) is 4.32. The van der Waals surface area contributed by atoms with Gasteiger partial charge in [-0.05, 0) is 25.1 Å². The zero-order chi connectivity index (χ0) is 10.7. The second-order valence-corrected chi connectivity index (χ2v) is 3.21. The van der Waals surface area contributed by atoms with Crippen molar-refractivity contribution in [3.63, 3.8) is 0 Å². The molecule has 4 nitrogen and oxygen atoms in total. The van der Waals surface area contributed by atoms with Crippen molar-refractivity contribution >= 4 is 23.8 Å². The van der Waals surface area contributed by atoms with Crippen LogP contribution in [0.1, 0.15) is 31.1 Å². The summed E-state index contributed by atoms with van der Waals surface area (Å²) >= 11 is 0. The molecule has 0 aliphatic heterocycles. The summed E-state index contributed by atoms with van der Waals surface area (Å²) in [5, 5.41) is 9.40. The van der Waals surface area contributed by atoms with Crippen LogP contribution in [0.3, 0.4) is 0 Å². The van der Waals surface area contributed by atoms with Gasteiger partial charge in [-0.25, -0.2) is 0 Å². The molecule has 84 valence electrons. The summed E-state index contributed by atoms with van der Waals surface area (Å²) in [6, 6.07) is 5.15. The predicted octanol–water partition coefficient (Wildman–Crippen LogP) is 1.78. The standard InChI is InChI=1S/C10H13N3O.ClH.Zn/c1-6(13-12)8-3-4-10(11)9(5-8)7(2)14;;/h3-5,7,14H,11H2,1-2H3;1H;. The average molecular weight is 293 g/mol. The molecule has 16 heavy (non-hydrogen) atoms. The topological polar surface area (TPSA) is 82.7 Å². The molecule has 6 heteroatoms. The number of hydrogen-bond donors (Lipinski definition) is 2. The first-order chi connectivity index (χ1) is 6.56. The average Bonchev–Trinajstić information content (AvgIpc) is 2.17.